The van der Waals surface area contributed by atoms with Crippen LogP contribution in [0.15, 0.2) is 67.0 Å². The Balaban J connectivity index is 1.47. The van der Waals surface area contributed by atoms with E-state index >= 15 is 0 Å². The van der Waals surface area contributed by atoms with E-state index in [1.54, 1.807) is 35.1 Å². The van der Waals surface area contributed by atoms with Gasteiger partial charge in [0.05, 0.1) is 5.69 Å². The van der Waals surface area contributed by atoms with Crippen LogP contribution in [0.25, 0.3) is 5.69 Å². The number of carbonyl (C=O) groups excluding carboxylic acids is 2. The van der Waals surface area contributed by atoms with Gasteiger partial charge in [-0.15, -0.1) is 0 Å². The van der Waals surface area contributed by atoms with E-state index in [0.29, 0.717) is 17.1 Å². The molecule has 0 bridgehead atoms. The minimum absolute atomic E-state index is 0.137. The molecule has 138 valence electrons. The molecule has 0 saturated carbocycles. The van der Waals surface area contributed by atoms with Crippen LogP contribution in [0.5, 0.6) is 0 Å². The van der Waals surface area contributed by atoms with Gasteiger partial charge in [0, 0.05) is 42.5 Å². The fourth-order valence-electron chi connectivity index (χ4n) is 2.57. The van der Waals surface area contributed by atoms with Crippen molar-refractivity contribution in [3.63, 3.8) is 0 Å². The van der Waals surface area contributed by atoms with Crippen LogP contribution >= 0.6 is 11.6 Å². The molecule has 27 heavy (non-hydrogen) atoms. The summed E-state index contributed by atoms with van der Waals surface area (Å²) in [5, 5.41) is 10.4. The zero-order chi connectivity index (χ0) is 19.1. The molecule has 2 N–H and O–H groups in total. The molecule has 2 aromatic carbocycles. The molecule has 0 radical (unpaired) electrons. The molecular weight excluding hydrogens is 364 g/mol. The lowest BCUT2D eigenvalue weighted by molar-refractivity contribution is -0.121. The Hall–Kier alpha value is -3.12. The number of hydrogen-bond acceptors (Lipinski definition) is 3. The molecule has 0 fully saturated rings. The van der Waals surface area contributed by atoms with Gasteiger partial charge in [0.25, 0.3) is 5.91 Å². The summed E-state index contributed by atoms with van der Waals surface area (Å²) in [5.74, 6) is -0.370. The highest BCUT2D eigenvalue weighted by molar-refractivity contribution is 6.30. The molecule has 2 amide bonds. The molecule has 0 aliphatic heterocycles. The highest BCUT2D eigenvalue weighted by Gasteiger charge is 2.08. The maximum Gasteiger partial charge on any atom is 0.251 e. The van der Waals surface area contributed by atoms with Crippen molar-refractivity contribution in [3.05, 3.63) is 83.1 Å². The third-order valence-electron chi connectivity index (χ3n) is 3.96. The van der Waals surface area contributed by atoms with Crippen molar-refractivity contribution in [2.45, 2.75) is 13.0 Å². The van der Waals surface area contributed by atoms with Crippen molar-refractivity contribution in [1.82, 2.24) is 20.4 Å². The number of hydrogen-bond donors (Lipinski definition) is 2. The third kappa shape index (κ3) is 5.18. The minimum Gasteiger partial charge on any atom is -0.352 e. The predicted molar refractivity (Wildman–Crippen MR) is 104 cm³/mol. The number of nitrogens with zero attached hydrogens (tertiary/aromatic N) is 2. The van der Waals surface area contributed by atoms with Gasteiger partial charge in [-0.1, -0.05) is 29.8 Å². The van der Waals surface area contributed by atoms with Crippen LogP contribution in [0.3, 0.4) is 0 Å². The zero-order valence-corrected chi connectivity index (χ0v) is 15.3. The summed E-state index contributed by atoms with van der Waals surface area (Å²) in [6.07, 6.45) is 3.76. The number of halogens is 1. The fraction of sp³-hybridized carbons (Fsp3) is 0.150. The summed E-state index contributed by atoms with van der Waals surface area (Å²) in [5.41, 5.74) is 2.38. The minimum atomic E-state index is -0.233. The Morgan fingerprint density at radius 2 is 1.78 bits per heavy atom. The van der Waals surface area contributed by atoms with E-state index in [-0.39, 0.29) is 24.8 Å². The van der Waals surface area contributed by atoms with Crippen molar-refractivity contribution in [2.24, 2.45) is 0 Å². The Morgan fingerprint density at radius 1 is 1.00 bits per heavy atom. The third-order valence-corrected chi connectivity index (χ3v) is 4.21. The fourth-order valence-corrected chi connectivity index (χ4v) is 2.70. The van der Waals surface area contributed by atoms with Gasteiger partial charge in [0.15, 0.2) is 0 Å². The summed E-state index contributed by atoms with van der Waals surface area (Å²) >= 11 is 5.80. The van der Waals surface area contributed by atoms with E-state index in [0.717, 1.165) is 11.3 Å². The van der Waals surface area contributed by atoms with Crippen molar-refractivity contribution >= 4 is 23.4 Å². The van der Waals surface area contributed by atoms with Gasteiger partial charge in [-0.25, -0.2) is 4.68 Å². The van der Waals surface area contributed by atoms with Gasteiger partial charge >= 0.3 is 0 Å². The summed E-state index contributed by atoms with van der Waals surface area (Å²) in [6.45, 7) is 0.647. The van der Waals surface area contributed by atoms with Gasteiger partial charge in [-0.2, -0.15) is 5.10 Å². The molecule has 1 heterocycles. The monoisotopic (exact) mass is 382 g/mol. The Morgan fingerprint density at radius 3 is 2.52 bits per heavy atom. The van der Waals surface area contributed by atoms with Gasteiger partial charge in [0.1, 0.15) is 0 Å². The first-order chi connectivity index (χ1) is 13.1. The Kier molecular flexibility index (Phi) is 6.22. The second-order valence-corrected chi connectivity index (χ2v) is 6.31. The Bertz CT molecular complexity index is 908. The molecule has 7 heteroatoms. The van der Waals surface area contributed by atoms with Gasteiger partial charge in [-0.05, 0) is 42.0 Å². The van der Waals surface area contributed by atoms with Crippen molar-refractivity contribution < 1.29 is 9.59 Å². The molecule has 0 aliphatic carbocycles. The molecule has 0 saturated heterocycles. The van der Waals surface area contributed by atoms with Crippen molar-refractivity contribution in [2.75, 3.05) is 6.54 Å². The standard InChI is InChI=1S/C20H19ClN4O2/c21-17-8-6-15(7-9-17)20(27)22-12-10-19(26)23-14-16-4-1-2-5-18(16)25-13-3-11-24-25/h1-9,11,13H,10,12,14H2,(H,22,27)(H,23,26). The molecule has 3 rings (SSSR count). The van der Waals surface area contributed by atoms with Crippen LogP contribution in [-0.4, -0.2) is 28.1 Å². The lowest BCUT2D eigenvalue weighted by atomic mass is 10.1. The first-order valence-electron chi connectivity index (χ1n) is 8.52. The highest BCUT2D eigenvalue weighted by Crippen LogP contribution is 2.13. The maximum absolute atomic E-state index is 12.1. The van der Waals surface area contributed by atoms with E-state index < -0.39 is 0 Å². The first kappa shape index (κ1) is 18.7. The van der Waals surface area contributed by atoms with Crippen LogP contribution in [-0.2, 0) is 11.3 Å². The highest BCUT2D eigenvalue weighted by atomic mass is 35.5. The van der Waals surface area contributed by atoms with Gasteiger partial charge < -0.3 is 10.6 Å². The number of nitrogens with one attached hydrogen (secondary N) is 2. The van der Waals surface area contributed by atoms with Crippen LogP contribution in [0.1, 0.15) is 22.3 Å². The normalized spacial score (nSPS) is 10.4. The van der Waals surface area contributed by atoms with Crippen LogP contribution in [0, 0.1) is 0 Å². The molecular formula is C20H19ClN4O2. The average molecular weight is 383 g/mol. The summed E-state index contributed by atoms with van der Waals surface area (Å²) in [6, 6.07) is 16.2. The average Bonchev–Trinajstić information content (AvgIpc) is 3.21. The van der Waals surface area contributed by atoms with Crippen LogP contribution < -0.4 is 10.6 Å². The lowest BCUT2D eigenvalue weighted by Gasteiger charge is -2.11. The summed E-state index contributed by atoms with van der Waals surface area (Å²) in [4.78, 5) is 24.1. The zero-order valence-electron chi connectivity index (χ0n) is 14.6. The van der Waals surface area contributed by atoms with Gasteiger partial charge in [0.2, 0.25) is 5.91 Å². The molecule has 6 nitrogen and oxygen atoms in total. The number of benzene rings is 2. The topological polar surface area (TPSA) is 76.0 Å². The number of para-hydroxylation sites is 1. The quantitative estimate of drug-likeness (QED) is 0.659. The number of aromatic nitrogens is 2. The molecule has 3 aromatic rings. The Labute approximate surface area is 162 Å². The summed E-state index contributed by atoms with van der Waals surface area (Å²) in [7, 11) is 0. The molecule has 1 aromatic heterocycles. The molecule has 0 atom stereocenters. The van der Waals surface area contributed by atoms with Crippen molar-refractivity contribution in [1.29, 1.82) is 0 Å². The van der Waals surface area contributed by atoms with Crippen LogP contribution in [0.4, 0.5) is 0 Å². The molecule has 0 aliphatic rings. The largest absolute Gasteiger partial charge is 0.352 e. The van der Waals surface area contributed by atoms with Crippen molar-refractivity contribution in [3.8, 4) is 5.69 Å². The lowest BCUT2D eigenvalue weighted by Crippen LogP contribution is -2.30. The van der Waals surface area contributed by atoms with Gasteiger partial charge in [-0.3, -0.25) is 9.59 Å². The number of amides is 2. The van der Waals surface area contributed by atoms with E-state index in [1.165, 1.54) is 0 Å². The predicted octanol–water partition coefficient (Wildman–Crippen LogP) is 2.96. The van der Waals surface area contributed by atoms with E-state index in [4.69, 9.17) is 11.6 Å². The second kappa shape index (κ2) is 9.00. The van der Waals surface area contributed by atoms with E-state index in [2.05, 4.69) is 15.7 Å². The second-order valence-electron chi connectivity index (χ2n) is 5.87. The maximum atomic E-state index is 12.1. The van der Waals surface area contributed by atoms with E-state index in [9.17, 15) is 9.59 Å². The molecule has 0 spiro atoms. The molecule has 0 unspecified atom stereocenters. The SMILES string of the molecule is O=C(CCNC(=O)c1ccc(Cl)cc1)NCc1ccccc1-n1cccn1. The van der Waals surface area contributed by atoms with Crippen LogP contribution in [0.2, 0.25) is 5.02 Å². The van der Waals surface area contributed by atoms with E-state index in [1.807, 2.05) is 36.5 Å². The number of rotatable bonds is 7. The summed E-state index contributed by atoms with van der Waals surface area (Å²) < 4.78 is 1.76. The smallest absolute Gasteiger partial charge is 0.251 e. The number of carbonyl (C=O) groups is 2. The first-order valence-corrected chi connectivity index (χ1v) is 8.89.